The summed E-state index contributed by atoms with van der Waals surface area (Å²) in [7, 11) is 29.7. The third-order valence-corrected chi connectivity index (χ3v) is 6.37. The molecule has 0 fully saturated rings. The van der Waals surface area contributed by atoms with Gasteiger partial charge in [0, 0.05) is 0 Å². The van der Waals surface area contributed by atoms with Gasteiger partial charge in [0.25, 0.3) is 0 Å². The summed E-state index contributed by atoms with van der Waals surface area (Å²) in [5, 5.41) is 0. The van der Waals surface area contributed by atoms with Gasteiger partial charge < -0.3 is 0 Å². The standard InChI is InChI=1S/B24H25N/c1-13-20(12)21(15(2)3)14-25-24(22(16(4)5)17(6)7)23(18(8)9)19(10)11/h13H,1-12H2. The van der Waals surface area contributed by atoms with E-state index in [-0.39, 0.29) is 0 Å². The molecule has 0 aromatic heterocycles. The van der Waals surface area contributed by atoms with Crippen molar-refractivity contribution in [2.75, 3.05) is 0 Å². The van der Waals surface area contributed by atoms with Gasteiger partial charge in [-0.05, 0) is 0 Å². The summed E-state index contributed by atoms with van der Waals surface area (Å²) in [6.45, 7) is 2.80. The molecule has 0 rings (SSSR count). The van der Waals surface area contributed by atoms with Crippen LogP contribution >= 0.6 is 0 Å². The van der Waals surface area contributed by atoms with Crippen LogP contribution in [0.3, 0.4) is 0 Å². The maximum atomic E-state index is 5.38. The molecule has 102 valence electrons. The minimum absolute atomic E-state index is 0.435. The zero-order valence-electron chi connectivity index (χ0n) is 19.5. The number of hydrogen-bond donors (Lipinski definition) is 0. The van der Waals surface area contributed by atoms with Crippen molar-refractivity contribution < 1.29 is 0 Å². The van der Waals surface area contributed by atoms with Crippen LogP contribution in [-0.4, -0.2) is 171 Å². The summed E-state index contributed by atoms with van der Waals surface area (Å²) in [6.07, 6.45) is 5.93. The van der Waals surface area contributed by atoms with Gasteiger partial charge in [0.2, 0.25) is 0 Å². The van der Waals surface area contributed by atoms with Crippen molar-refractivity contribution in [3.63, 3.8) is 0 Å². The topological polar surface area (TPSA) is 12.4 Å². The number of nitrogens with zero attached hydrogens (tertiary/aromatic N) is 1. The van der Waals surface area contributed by atoms with Crippen LogP contribution in [0.4, 0.5) is 0 Å². The van der Waals surface area contributed by atoms with Gasteiger partial charge in [0.15, 0.2) is 0 Å². The van der Waals surface area contributed by atoms with Crippen LogP contribution in [0, 0.1) is 0 Å². The monoisotopic (exact) mass is 303 g/mol. The van der Waals surface area contributed by atoms with Crippen molar-refractivity contribution >= 4 is 171 Å². The van der Waals surface area contributed by atoms with E-state index in [4.69, 9.17) is 4.81 Å². The molecule has 0 aliphatic heterocycles. The molecule has 1 nitrogen and oxygen atoms in total. The van der Waals surface area contributed by atoms with E-state index >= 15 is 0 Å². The molecule has 0 amide bonds. The van der Waals surface area contributed by atoms with Gasteiger partial charge in [-0.2, -0.15) is 0 Å². The third-order valence-electron chi connectivity index (χ3n) is 6.37. The molecule has 0 bridgehead atoms. The predicted molar refractivity (Wildman–Crippen MR) is 175 cm³/mol. The first-order valence-electron chi connectivity index (χ1n) is 11.0. The molecule has 0 aromatic rings. The minimum atomic E-state index is 0.435. The van der Waals surface area contributed by atoms with E-state index in [1.54, 1.807) is 0 Å². The Morgan fingerprint density at radius 2 is 0.960 bits per heavy atom. The first-order chi connectivity index (χ1) is 11.4. The quantitative estimate of drug-likeness (QED) is 0.336. The third kappa shape index (κ3) is 8.49. The molecule has 0 aliphatic carbocycles. The van der Waals surface area contributed by atoms with Crippen LogP contribution < -0.4 is 0 Å². The Morgan fingerprint density at radius 1 is 0.600 bits per heavy atom. The second-order valence-electron chi connectivity index (χ2n) is 10.1. The zero-order chi connectivity index (χ0) is 19.9. The van der Waals surface area contributed by atoms with Gasteiger partial charge in [-0.25, -0.2) is 0 Å². The van der Waals surface area contributed by atoms with Gasteiger partial charge in [-0.15, -0.1) is 0 Å². The van der Waals surface area contributed by atoms with Crippen LogP contribution in [-0.2, 0) is 0 Å². The Morgan fingerprint density at radius 3 is 1.20 bits per heavy atom. The van der Waals surface area contributed by atoms with E-state index in [1.807, 2.05) is 0 Å². The second kappa shape index (κ2) is 12.7. The molecule has 25 heavy (non-hydrogen) atoms. The Labute approximate surface area is 175 Å². The van der Waals surface area contributed by atoms with E-state index in [0.717, 1.165) is 0 Å². The van der Waals surface area contributed by atoms with E-state index in [1.165, 1.54) is 7.06 Å². The molecule has 0 saturated carbocycles. The molecule has 25 heteroatoms. The fourth-order valence-electron chi connectivity index (χ4n) is 5.02. The van der Waals surface area contributed by atoms with Gasteiger partial charge >= 0.3 is 176 Å². The summed E-state index contributed by atoms with van der Waals surface area (Å²) in [4.78, 5) is 5.38. The van der Waals surface area contributed by atoms with Gasteiger partial charge in [0.1, 0.15) is 0 Å². The molecule has 0 N–H and O–H groups in total. The maximum absolute atomic E-state index is 5.38. The molecule has 0 radical (unpaired) electrons. The second-order valence-corrected chi connectivity index (χ2v) is 10.1. The molecule has 0 aliphatic rings. The molecule has 0 heterocycles. The van der Waals surface area contributed by atoms with E-state index in [9.17, 15) is 0 Å². The van der Waals surface area contributed by atoms with E-state index in [2.05, 4.69) is 99.8 Å². The zero-order valence-corrected chi connectivity index (χ0v) is 19.5. The van der Waals surface area contributed by atoms with Crippen molar-refractivity contribution in [3.05, 3.63) is 0 Å². The molecular formula is H25B24N. The van der Waals surface area contributed by atoms with Crippen molar-refractivity contribution in [1.82, 2.24) is 0 Å². The summed E-state index contributed by atoms with van der Waals surface area (Å²) >= 11 is 0. The Balaban J connectivity index is 5.90. The summed E-state index contributed by atoms with van der Waals surface area (Å²) in [6, 6.07) is 0. The molecule has 0 unspecified atom stereocenters. The van der Waals surface area contributed by atoms with Crippen LogP contribution in [0.1, 0.15) is 0 Å². The van der Waals surface area contributed by atoms with Crippen molar-refractivity contribution in [2.45, 2.75) is 0 Å². The predicted octanol–water partition coefficient (Wildman–Crippen LogP) is -15.6. The molecular weight excluding hydrogens is 273 g/mol. The first-order valence-corrected chi connectivity index (χ1v) is 11.0. The number of hydrogen-bond acceptors (Lipinski definition) is 1. The average molecular weight is 299 g/mol. The van der Waals surface area contributed by atoms with Crippen LogP contribution in [0.5, 0.6) is 0 Å². The van der Waals surface area contributed by atoms with Crippen LogP contribution in [0.2, 0.25) is 0 Å². The summed E-state index contributed by atoms with van der Waals surface area (Å²) in [5.41, 5.74) is 0. The fraction of sp³-hybridized carbons (Fsp3) is 0. The van der Waals surface area contributed by atoms with Crippen molar-refractivity contribution in [1.29, 1.82) is 0 Å². The summed E-state index contributed by atoms with van der Waals surface area (Å²) < 4.78 is 0. The Kier molecular flexibility index (Phi) is 13.4. The Hall–Kier alpha value is 1.36. The van der Waals surface area contributed by atoms with Gasteiger partial charge in [0.05, 0.1) is 0 Å². The van der Waals surface area contributed by atoms with Gasteiger partial charge in [-0.1, -0.05) is 0 Å². The molecule has 0 spiro atoms. The van der Waals surface area contributed by atoms with Crippen molar-refractivity contribution in [2.24, 2.45) is 4.81 Å². The molecule has 0 atom stereocenters. The molecule has 0 aromatic carbocycles. The van der Waals surface area contributed by atoms with Crippen molar-refractivity contribution in [3.8, 4) is 0 Å². The Bertz CT molecular complexity index is 328. The van der Waals surface area contributed by atoms with Gasteiger partial charge in [-0.3, -0.25) is 0 Å². The summed E-state index contributed by atoms with van der Waals surface area (Å²) in [5.74, 6) is 0. The molecule has 0 saturated heterocycles. The average Bonchev–Trinajstić information content (AvgIpc) is 2.44. The van der Waals surface area contributed by atoms with Crippen LogP contribution in [0.25, 0.3) is 0 Å². The first kappa shape index (κ1) is 26.4. The van der Waals surface area contributed by atoms with E-state index in [0.29, 0.717) is 64.1 Å². The SMILES string of the molecule is BBB(B)B(/B=N/B(B(B(B)B)B(B)B)B(B(B)B)B(B)B)B(B)B. The fourth-order valence-corrected chi connectivity index (χ4v) is 5.02. The van der Waals surface area contributed by atoms with E-state index < -0.39 is 0 Å². The van der Waals surface area contributed by atoms with Crippen LogP contribution in [0.15, 0.2) is 4.81 Å². The number of rotatable bonds is 11. The normalized spacial score (nSPS) is 9.44.